The van der Waals surface area contributed by atoms with Gasteiger partial charge in [0.2, 0.25) is 0 Å². The maximum Gasteiger partial charge on any atom is 0.306 e. The molecule has 0 bridgehead atoms. The first kappa shape index (κ1) is 75.6. The van der Waals surface area contributed by atoms with Gasteiger partial charge in [-0.1, -0.05) is 318 Å². The topological polar surface area (TPSA) is 78.9 Å². The van der Waals surface area contributed by atoms with Crippen molar-refractivity contribution in [2.45, 2.75) is 348 Å². The van der Waals surface area contributed by atoms with Crippen molar-refractivity contribution < 1.29 is 28.6 Å². The molecule has 0 aromatic rings. The molecule has 0 aliphatic heterocycles. The molecule has 0 spiro atoms. The molecular weight excluding hydrogens is 973 g/mol. The summed E-state index contributed by atoms with van der Waals surface area (Å²) in [7, 11) is 0. The van der Waals surface area contributed by atoms with E-state index in [0.717, 1.165) is 83.5 Å². The number of allylic oxidation sites excluding steroid dienone is 14. The fourth-order valence-electron chi connectivity index (χ4n) is 9.81. The van der Waals surface area contributed by atoms with Gasteiger partial charge in [0.15, 0.2) is 6.10 Å². The minimum atomic E-state index is -0.803. The Morgan fingerprint density at radius 2 is 0.506 bits per heavy atom. The van der Waals surface area contributed by atoms with Gasteiger partial charge < -0.3 is 14.2 Å². The standard InChI is InChI=1S/C73H128O6/c1-4-7-10-13-16-19-22-25-28-31-33-35-36-38-39-42-45-48-51-54-57-60-63-66-72(75)78-69-70(68-77-71(74)65-62-59-56-53-50-47-44-41-30-27-24-21-18-15-12-9-6-3)79-73(76)67-64-61-58-55-52-49-46-43-40-37-34-32-29-26-23-20-17-14-11-8-5-2/h9,12,18,21,23,26-27,30,32,34,44,47,53,56,70H,4-8,10-11,13-17,19-20,22,24-25,28-29,31,33,35-43,45-46,48-52,54-55,57-69H2,1-3H3/b12-9-,21-18-,26-23-,30-27-,34-32-,47-44-,56-53-. The number of rotatable bonds is 62. The van der Waals surface area contributed by atoms with Gasteiger partial charge in [-0.2, -0.15) is 0 Å². The molecule has 1 unspecified atom stereocenters. The minimum Gasteiger partial charge on any atom is -0.462 e. The Balaban J connectivity index is 4.39. The van der Waals surface area contributed by atoms with E-state index in [-0.39, 0.29) is 37.5 Å². The molecule has 0 fully saturated rings. The molecule has 0 aromatic carbocycles. The van der Waals surface area contributed by atoms with Gasteiger partial charge in [0.25, 0.3) is 0 Å². The summed E-state index contributed by atoms with van der Waals surface area (Å²) in [6.07, 6.45) is 88.9. The summed E-state index contributed by atoms with van der Waals surface area (Å²) in [5.41, 5.74) is 0. The van der Waals surface area contributed by atoms with Crippen molar-refractivity contribution in [1.82, 2.24) is 0 Å². The highest BCUT2D eigenvalue weighted by atomic mass is 16.6. The van der Waals surface area contributed by atoms with E-state index in [1.165, 1.54) is 212 Å². The van der Waals surface area contributed by atoms with Gasteiger partial charge in [0.05, 0.1) is 0 Å². The van der Waals surface area contributed by atoms with Gasteiger partial charge in [0.1, 0.15) is 13.2 Å². The Bertz CT molecular complexity index is 1500. The van der Waals surface area contributed by atoms with E-state index in [1.54, 1.807) is 0 Å². The molecule has 0 heterocycles. The second-order valence-corrected chi connectivity index (χ2v) is 22.7. The summed E-state index contributed by atoms with van der Waals surface area (Å²) in [6.45, 7) is 6.51. The molecule has 0 aromatic heterocycles. The van der Waals surface area contributed by atoms with Crippen LogP contribution in [0.15, 0.2) is 85.1 Å². The number of esters is 3. The largest absolute Gasteiger partial charge is 0.462 e. The van der Waals surface area contributed by atoms with Gasteiger partial charge in [-0.3, -0.25) is 14.4 Å². The second kappa shape index (κ2) is 67.1. The van der Waals surface area contributed by atoms with Crippen LogP contribution >= 0.6 is 0 Å². The molecule has 0 aliphatic rings. The summed E-state index contributed by atoms with van der Waals surface area (Å²) in [4.78, 5) is 38.4. The van der Waals surface area contributed by atoms with Crippen molar-refractivity contribution in [3.05, 3.63) is 85.1 Å². The first-order valence-electron chi connectivity index (χ1n) is 34.1. The van der Waals surface area contributed by atoms with E-state index < -0.39 is 6.10 Å². The number of carbonyl (C=O) groups excluding carboxylic acids is 3. The number of unbranched alkanes of at least 4 members (excludes halogenated alkanes) is 37. The van der Waals surface area contributed by atoms with Crippen LogP contribution in [0, 0.1) is 0 Å². The zero-order chi connectivity index (χ0) is 57.1. The molecule has 1 atom stereocenters. The van der Waals surface area contributed by atoms with E-state index >= 15 is 0 Å². The molecule has 6 nitrogen and oxygen atoms in total. The number of hydrogen-bond acceptors (Lipinski definition) is 6. The number of ether oxygens (including phenoxy) is 3. The summed E-state index contributed by atoms with van der Waals surface area (Å²) in [5, 5.41) is 0. The maximum atomic E-state index is 12.9. The summed E-state index contributed by atoms with van der Waals surface area (Å²) < 4.78 is 16.9. The molecule has 0 aliphatic carbocycles. The van der Waals surface area contributed by atoms with Crippen LogP contribution in [0.4, 0.5) is 0 Å². The lowest BCUT2D eigenvalue weighted by molar-refractivity contribution is -0.167. The fraction of sp³-hybridized carbons (Fsp3) is 0.767. The minimum absolute atomic E-state index is 0.0931. The maximum absolute atomic E-state index is 12.9. The Labute approximate surface area is 490 Å². The SMILES string of the molecule is CC/C=C\C/C=C\C/C=C\C/C=C\C/C=C\CCCC(=O)OCC(COC(=O)CCCCCCCCCCCCCCCCCCCCCCCCC)OC(=O)CCCCCCCCCCC/C=C\C/C=C\CCCCCCC. The molecule has 0 radical (unpaired) electrons. The van der Waals surface area contributed by atoms with Crippen molar-refractivity contribution >= 4 is 17.9 Å². The molecule has 0 rings (SSSR count). The lowest BCUT2D eigenvalue weighted by atomic mass is 10.0. The Kier molecular flexibility index (Phi) is 64.2. The molecule has 79 heavy (non-hydrogen) atoms. The first-order chi connectivity index (χ1) is 39.0. The van der Waals surface area contributed by atoms with Crippen LogP contribution < -0.4 is 0 Å². The van der Waals surface area contributed by atoms with Crippen LogP contribution in [0.3, 0.4) is 0 Å². The second-order valence-electron chi connectivity index (χ2n) is 22.7. The predicted octanol–water partition coefficient (Wildman–Crippen LogP) is 23.4. The third kappa shape index (κ3) is 65.3. The highest BCUT2D eigenvalue weighted by Gasteiger charge is 2.19. The molecule has 0 saturated heterocycles. The van der Waals surface area contributed by atoms with Crippen LogP contribution in [0.5, 0.6) is 0 Å². The average molecular weight is 1100 g/mol. The van der Waals surface area contributed by atoms with Crippen molar-refractivity contribution in [2.24, 2.45) is 0 Å². The Morgan fingerprint density at radius 3 is 0.823 bits per heavy atom. The molecule has 0 amide bonds. The van der Waals surface area contributed by atoms with Gasteiger partial charge in [-0.25, -0.2) is 0 Å². The molecule has 0 N–H and O–H groups in total. The highest BCUT2D eigenvalue weighted by molar-refractivity contribution is 5.71. The third-order valence-electron chi connectivity index (χ3n) is 14.9. The number of hydrogen-bond donors (Lipinski definition) is 0. The van der Waals surface area contributed by atoms with E-state index in [2.05, 4.69) is 106 Å². The van der Waals surface area contributed by atoms with Crippen molar-refractivity contribution in [3.63, 3.8) is 0 Å². The Morgan fingerprint density at radius 1 is 0.266 bits per heavy atom. The molecular formula is C73H128O6. The van der Waals surface area contributed by atoms with Gasteiger partial charge >= 0.3 is 17.9 Å². The van der Waals surface area contributed by atoms with Crippen molar-refractivity contribution in [2.75, 3.05) is 13.2 Å². The molecule has 6 heteroatoms. The average Bonchev–Trinajstić information content (AvgIpc) is 3.45. The van der Waals surface area contributed by atoms with Crippen molar-refractivity contribution in [3.8, 4) is 0 Å². The van der Waals surface area contributed by atoms with Crippen LogP contribution in [0.25, 0.3) is 0 Å². The zero-order valence-electron chi connectivity index (χ0n) is 52.4. The quantitative estimate of drug-likeness (QED) is 0.0261. The fourth-order valence-corrected chi connectivity index (χ4v) is 9.81. The normalized spacial score (nSPS) is 12.6. The molecule has 456 valence electrons. The van der Waals surface area contributed by atoms with E-state index in [1.807, 2.05) is 0 Å². The van der Waals surface area contributed by atoms with Gasteiger partial charge in [-0.15, -0.1) is 0 Å². The lowest BCUT2D eigenvalue weighted by Gasteiger charge is -2.18. The lowest BCUT2D eigenvalue weighted by Crippen LogP contribution is -2.30. The molecule has 0 saturated carbocycles. The summed E-state index contributed by atoms with van der Waals surface area (Å²) in [6, 6.07) is 0. The van der Waals surface area contributed by atoms with Gasteiger partial charge in [-0.05, 0) is 89.9 Å². The van der Waals surface area contributed by atoms with E-state index in [9.17, 15) is 14.4 Å². The van der Waals surface area contributed by atoms with Crippen LogP contribution in [0.1, 0.15) is 342 Å². The third-order valence-corrected chi connectivity index (χ3v) is 14.9. The predicted molar refractivity (Wildman–Crippen MR) is 344 cm³/mol. The highest BCUT2D eigenvalue weighted by Crippen LogP contribution is 2.17. The monoisotopic (exact) mass is 1100 g/mol. The Hall–Kier alpha value is -3.41. The van der Waals surface area contributed by atoms with Crippen LogP contribution in [0.2, 0.25) is 0 Å². The number of carbonyl (C=O) groups is 3. The van der Waals surface area contributed by atoms with Crippen LogP contribution in [-0.2, 0) is 28.6 Å². The smallest absolute Gasteiger partial charge is 0.306 e. The first-order valence-corrected chi connectivity index (χ1v) is 34.1. The van der Waals surface area contributed by atoms with Crippen LogP contribution in [-0.4, -0.2) is 37.2 Å². The summed E-state index contributed by atoms with van der Waals surface area (Å²) in [5.74, 6) is -0.941. The van der Waals surface area contributed by atoms with E-state index in [4.69, 9.17) is 14.2 Å². The van der Waals surface area contributed by atoms with Gasteiger partial charge in [0, 0.05) is 19.3 Å². The van der Waals surface area contributed by atoms with Crippen molar-refractivity contribution in [1.29, 1.82) is 0 Å². The zero-order valence-corrected chi connectivity index (χ0v) is 52.4. The van der Waals surface area contributed by atoms with E-state index in [0.29, 0.717) is 19.3 Å². The summed E-state index contributed by atoms with van der Waals surface area (Å²) >= 11 is 0.